The summed E-state index contributed by atoms with van der Waals surface area (Å²) in [7, 11) is -0.566. The van der Waals surface area contributed by atoms with Gasteiger partial charge in [0.2, 0.25) is 15.9 Å². The molecule has 0 radical (unpaired) electrons. The number of carbonyl (C=O) groups excluding carboxylic acids is 1. The third-order valence-electron chi connectivity index (χ3n) is 5.55. The summed E-state index contributed by atoms with van der Waals surface area (Å²) in [5.41, 5.74) is 4.33. The number of anilines is 2. The Balaban J connectivity index is 1.56. The number of benzene rings is 2. The van der Waals surface area contributed by atoms with Crippen LogP contribution in [-0.4, -0.2) is 70.3 Å². The van der Waals surface area contributed by atoms with E-state index in [1.165, 1.54) is 43.0 Å². The van der Waals surface area contributed by atoms with E-state index in [0.29, 0.717) is 5.69 Å². The monoisotopic (exact) mass is 430 g/mol. The molecule has 3 rings (SSSR count). The van der Waals surface area contributed by atoms with Crippen molar-refractivity contribution >= 4 is 27.3 Å². The minimum absolute atomic E-state index is 0.144. The van der Waals surface area contributed by atoms with E-state index in [1.54, 1.807) is 12.1 Å². The first-order valence-corrected chi connectivity index (χ1v) is 11.5. The van der Waals surface area contributed by atoms with Crippen LogP contribution in [0.1, 0.15) is 11.1 Å². The molecule has 8 heteroatoms. The molecule has 1 aliphatic heterocycles. The van der Waals surface area contributed by atoms with Gasteiger partial charge in [0.25, 0.3) is 0 Å². The molecular weight excluding hydrogens is 400 g/mol. The van der Waals surface area contributed by atoms with Crippen LogP contribution in [0, 0.1) is 13.8 Å². The zero-order valence-electron chi connectivity index (χ0n) is 18.1. The van der Waals surface area contributed by atoms with Crippen LogP contribution in [0.3, 0.4) is 0 Å². The smallest absolute Gasteiger partial charge is 0.242 e. The molecule has 0 aliphatic carbocycles. The first kappa shape index (κ1) is 22.3. The van der Waals surface area contributed by atoms with Crippen LogP contribution >= 0.6 is 0 Å². The van der Waals surface area contributed by atoms with Crippen LogP contribution in [0.4, 0.5) is 11.4 Å². The number of nitrogens with zero attached hydrogens (tertiary/aromatic N) is 3. The Bertz CT molecular complexity index is 1010. The van der Waals surface area contributed by atoms with E-state index in [9.17, 15) is 13.2 Å². The molecule has 0 spiro atoms. The second-order valence-corrected chi connectivity index (χ2v) is 10.00. The Hall–Kier alpha value is -2.42. The standard InChI is InChI=1S/C22H30N4O3S/c1-17-7-5-10-21(18(17)2)26-13-11-25(12-14-26)16-22(27)23-19-8-6-9-20(15-19)30(28,29)24(3)4/h5-10,15H,11-14,16H2,1-4H3,(H,23,27). The van der Waals surface area contributed by atoms with Gasteiger partial charge in [0.15, 0.2) is 0 Å². The van der Waals surface area contributed by atoms with Crippen molar-refractivity contribution in [3.63, 3.8) is 0 Å². The van der Waals surface area contributed by atoms with Crippen molar-refractivity contribution in [2.24, 2.45) is 0 Å². The highest BCUT2D eigenvalue weighted by Crippen LogP contribution is 2.24. The van der Waals surface area contributed by atoms with Gasteiger partial charge in [0.1, 0.15) is 0 Å². The van der Waals surface area contributed by atoms with Gasteiger partial charge in [-0.25, -0.2) is 12.7 Å². The van der Waals surface area contributed by atoms with Crippen molar-refractivity contribution in [1.29, 1.82) is 0 Å². The van der Waals surface area contributed by atoms with Gasteiger partial charge in [-0.1, -0.05) is 18.2 Å². The van der Waals surface area contributed by atoms with Gasteiger partial charge < -0.3 is 10.2 Å². The maximum atomic E-state index is 12.5. The summed E-state index contributed by atoms with van der Waals surface area (Å²) in [5.74, 6) is -0.144. The average molecular weight is 431 g/mol. The highest BCUT2D eigenvalue weighted by Gasteiger charge is 2.21. The molecule has 2 aromatic rings. The molecule has 0 atom stereocenters. The second-order valence-electron chi connectivity index (χ2n) is 7.85. The van der Waals surface area contributed by atoms with Gasteiger partial charge in [0, 0.05) is 51.6 Å². The predicted molar refractivity (Wildman–Crippen MR) is 121 cm³/mol. The Morgan fingerprint density at radius 3 is 2.37 bits per heavy atom. The maximum Gasteiger partial charge on any atom is 0.242 e. The lowest BCUT2D eigenvalue weighted by molar-refractivity contribution is -0.117. The van der Waals surface area contributed by atoms with Crippen LogP contribution in [-0.2, 0) is 14.8 Å². The van der Waals surface area contributed by atoms with Gasteiger partial charge in [-0.3, -0.25) is 9.69 Å². The van der Waals surface area contributed by atoms with E-state index in [0.717, 1.165) is 30.5 Å². The van der Waals surface area contributed by atoms with Crippen LogP contribution in [0.5, 0.6) is 0 Å². The molecule has 1 heterocycles. The van der Waals surface area contributed by atoms with Crippen LogP contribution < -0.4 is 10.2 Å². The van der Waals surface area contributed by atoms with Crippen molar-refractivity contribution in [3.8, 4) is 0 Å². The Morgan fingerprint density at radius 1 is 1.03 bits per heavy atom. The van der Waals surface area contributed by atoms with Crippen molar-refractivity contribution in [3.05, 3.63) is 53.6 Å². The quantitative estimate of drug-likeness (QED) is 0.761. The minimum atomic E-state index is -3.54. The van der Waals surface area contributed by atoms with Crippen LogP contribution in [0.2, 0.25) is 0 Å². The van der Waals surface area contributed by atoms with E-state index in [1.807, 2.05) is 0 Å². The molecule has 0 bridgehead atoms. The summed E-state index contributed by atoms with van der Waals surface area (Å²) in [5, 5.41) is 2.82. The summed E-state index contributed by atoms with van der Waals surface area (Å²) >= 11 is 0. The highest BCUT2D eigenvalue weighted by molar-refractivity contribution is 7.89. The van der Waals surface area contributed by atoms with Crippen molar-refractivity contribution < 1.29 is 13.2 Å². The van der Waals surface area contributed by atoms with Crippen molar-refractivity contribution in [1.82, 2.24) is 9.21 Å². The molecule has 7 nitrogen and oxygen atoms in total. The van der Waals surface area contributed by atoms with Gasteiger partial charge in [-0.15, -0.1) is 0 Å². The molecular formula is C22H30N4O3S. The molecule has 30 heavy (non-hydrogen) atoms. The molecule has 1 saturated heterocycles. The number of amides is 1. The molecule has 0 saturated carbocycles. The van der Waals surface area contributed by atoms with E-state index in [2.05, 4.69) is 47.2 Å². The molecule has 2 aromatic carbocycles. The lowest BCUT2D eigenvalue weighted by Crippen LogP contribution is -2.48. The fourth-order valence-corrected chi connectivity index (χ4v) is 4.52. The zero-order chi connectivity index (χ0) is 21.9. The van der Waals surface area contributed by atoms with E-state index in [4.69, 9.17) is 0 Å². The van der Waals surface area contributed by atoms with Crippen LogP contribution in [0.15, 0.2) is 47.4 Å². The molecule has 0 aromatic heterocycles. The normalized spacial score (nSPS) is 15.4. The van der Waals surface area contributed by atoms with Crippen molar-refractivity contribution in [2.45, 2.75) is 18.7 Å². The van der Waals surface area contributed by atoms with E-state index < -0.39 is 10.0 Å². The molecule has 1 N–H and O–H groups in total. The number of hydrogen-bond acceptors (Lipinski definition) is 5. The SMILES string of the molecule is Cc1cccc(N2CCN(CC(=O)Nc3cccc(S(=O)(=O)N(C)C)c3)CC2)c1C. The lowest BCUT2D eigenvalue weighted by Gasteiger charge is -2.36. The van der Waals surface area contributed by atoms with E-state index >= 15 is 0 Å². The average Bonchev–Trinajstić information content (AvgIpc) is 2.71. The second kappa shape index (κ2) is 9.16. The maximum absolute atomic E-state index is 12.5. The molecule has 0 unspecified atom stereocenters. The third-order valence-corrected chi connectivity index (χ3v) is 7.36. The Morgan fingerprint density at radius 2 is 1.70 bits per heavy atom. The summed E-state index contributed by atoms with van der Waals surface area (Å²) in [4.78, 5) is 17.1. The van der Waals surface area contributed by atoms with Crippen molar-refractivity contribution in [2.75, 3.05) is 57.0 Å². The molecule has 1 amide bonds. The van der Waals surface area contributed by atoms with Crippen LogP contribution in [0.25, 0.3) is 0 Å². The fraction of sp³-hybridized carbons (Fsp3) is 0.409. The van der Waals surface area contributed by atoms with Gasteiger partial charge in [-0.2, -0.15) is 0 Å². The summed E-state index contributed by atoms with van der Waals surface area (Å²) in [6.07, 6.45) is 0. The number of carbonyl (C=O) groups is 1. The largest absolute Gasteiger partial charge is 0.369 e. The van der Waals surface area contributed by atoms with Gasteiger partial charge >= 0.3 is 0 Å². The summed E-state index contributed by atoms with van der Waals surface area (Å²) in [6.45, 7) is 7.90. The number of sulfonamides is 1. The minimum Gasteiger partial charge on any atom is -0.369 e. The summed E-state index contributed by atoms with van der Waals surface area (Å²) < 4.78 is 25.7. The van der Waals surface area contributed by atoms with Gasteiger partial charge in [-0.05, 0) is 49.2 Å². The summed E-state index contributed by atoms with van der Waals surface area (Å²) in [6, 6.07) is 12.7. The predicted octanol–water partition coefficient (Wildman–Crippen LogP) is 2.31. The number of aryl methyl sites for hydroxylation is 1. The third kappa shape index (κ3) is 5.00. The first-order chi connectivity index (χ1) is 14.2. The van der Waals surface area contributed by atoms with Gasteiger partial charge in [0.05, 0.1) is 11.4 Å². The molecule has 1 aliphatic rings. The highest BCUT2D eigenvalue weighted by atomic mass is 32.2. The Labute approximate surface area is 179 Å². The van der Waals surface area contributed by atoms with E-state index in [-0.39, 0.29) is 17.3 Å². The Kier molecular flexibility index (Phi) is 6.80. The molecule has 1 fully saturated rings. The fourth-order valence-electron chi connectivity index (χ4n) is 3.57. The number of hydrogen-bond donors (Lipinski definition) is 1. The topological polar surface area (TPSA) is 73.0 Å². The number of piperazine rings is 1. The number of rotatable bonds is 6. The zero-order valence-corrected chi connectivity index (χ0v) is 18.9. The molecule has 162 valence electrons. The first-order valence-electron chi connectivity index (χ1n) is 10.0. The lowest BCUT2D eigenvalue weighted by atomic mass is 10.1. The number of nitrogens with one attached hydrogen (secondary N) is 1.